The zero-order valence-electron chi connectivity index (χ0n) is 11.4. The van der Waals surface area contributed by atoms with Crippen LogP contribution in [0.3, 0.4) is 0 Å². The van der Waals surface area contributed by atoms with Crippen molar-refractivity contribution in [1.82, 2.24) is 5.32 Å². The molecule has 2 aliphatic rings. The lowest BCUT2D eigenvalue weighted by Crippen LogP contribution is -2.52. The Morgan fingerprint density at radius 2 is 1.33 bits per heavy atom. The Kier molecular flexibility index (Phi) is 5.49. The fraction of sp³-hybridized carbons (Fsp3) is 1.00. The van der Waals surface area contributed by atoms with Crippen molar-refractivity contribution >= 4 is 9.84 Å². The largest absolute Gasteiger partial charge is 0.312 e. The van der Waals surface area contributed by atoms with Crippen LogP contribution < -0.4 is 5.32 Å². The molecule has 2 atom stereocenters. The molecule has 1 saturated carbocycles. The van der Waals surface area contributed by atoms with Gasteiger partial charge in [-0.2, -0.15) is 0 Å². The Hall–Kier alpha value is -0.0900. The van der Waals surface area contributed by atoms with Gasteiger partial charge in [0, 0.05) is 12.6 Å². The highest BCUT2D eigenvalue weighted by molar-refractivity contribution is 7.92. The summed E-state index contributed by atoms with van der Waals surface area (Å²) in [5.74, 6) is 0.341. The third-order valence-electron chi connectivity index (χ3n) is 4.46. The van der Waals surface area contributed by atoms with E-state index in [1.807, 2.05) is 0 Å². The molecule has 1 saturated heterocycles. The Morgan fingerprint density at radius 3 is 2.00 bits per heavy atom. The highest BCUT2D eigenvalue weighted by Crippen LogP contribution is 2.24. The molecule has 2 fully saturated rings. The first-order chi connectivity index (χ1) is 8.70. The first-order valence-electron chi connectivity index (χ1n) is 7.65. The summed E-state index contributed by atoms with van der Waals surface area (Å²) in [6.07, 6.45) is 12.0. The molecule has 0 aromatic rings. The number of sulfone groups is 1. The van der Waals surface area contributed by atoms with Gasteiger partial charge in [-0.3, -0.25) is 0 Å². The summed E-state index contributed by atoms with van der Waals surface area (Å²) in [5, 5.41) is 3.34. The number of hydrogen-bond acceptors (Lipinski definition) is 3. The Morgan fingerprint density at radius 1 is 0.778 bits per heavy atom. The molecular formula is C14H27NO2S. The number of rotatable bonds is 0. The summed E-state index contributed by atoms with van der Waals surface area (Å²) < 4.78 is 24.4. The van der Waals surface area contributed by atoms with Crippen molar-refractivity contribution in [2.75, 3.05) is 12.3 Å². The van der Waals surface area contributed by atoms with Crippen LogP contribution in [0.2, 0.25) is 0 Å². The van der Waals surface area contributed by atoms with Crippen LogP contribution in [-0.4, -0.2) is 32.0 Å². The second-order valence-corrected chi connectivity index (χ2v) is 8.21. The lowest BCUT2D eigenvalue weighted by Gasteiger charge is -2.33. The van der Waals surface area contributed by atoms with Crippen LogP contribution in [0, 0.1) is 0 Å². The van der Waals surface area contributed by atoms with E-state index in [9.17, 15) is 8.42 Å². The molecule has 0 aromatic carbocycles. The quantitative estimate of drug-likeness (QED) is 0.738. The van der Waals surface area contributed by atoms with Gasteiger partial charge in [-0.1, -0.05) is 51.4 Å². The van der Waals surface area contributed by atoms with E-state index in [1.54, 1.807) is 0 Å². The summed E-state index contributed by atoms with van der Waals surface area (Å²) in [5.41, 5.74) is 0. The molecule has 1 aliphatic heterocycles. The molecular weight excluding hydrogens is 246 g/mol. The molecule has 1 heterocycles. The number of nitrogens with one attached hydrogen (secondary N) is 1. The smallest absolute Gasteiger partial charge is 0.155 e. The number of hydrogen-bond donors (Lipinski definition) is 1. The van der Waals surface area contributed by atoms with E-state index in [0.717, 1.165) is 19.3 Å². The molecule has 0 aromatic heterocycles. The molecule has 0 amide bonds. The second kappa shape index (κ2) is 6.90. The lowest BCUT2D eigenvalue weighted by atomic mass is 9.97. The fourth-order valence-corrected chi connectivity index (χ4v) is 5.32. The first-order valence-corrected chi connectivity index (χ1v) is 9.37. The van der Waals surface area contributed by atoms with E-state index < -0.39 is 9.84 Å². The zero-order chi connectivity index (χ0) is 12.8. The van der Waals surface area contributed by atoms with Crippen LogP contribution in [0.15, 0.2) is 0 Å². The minimum Gasteiger partial charge on any atom is -0.312 e. The third-order valence-corrected chi connectivity index (χ3v) is 6.72. The lowest BCUT2D eigenvalue weighted by molar-refractivity contribution is 0.392. The topological polar surface area (TPSA) is 46.2 Å². The summed E-state index contributed by atoms with van der Waals surface area (Å²) in [6.45, 7) is 0.656. The molecule has 2 rings (SSSR count). The fourth-order valence-electron chi connectivity index (χ4n) is 3.36. The van der Waals surface area contributed by atoms with Crippen LogP contribution >= 0.6 is 0 Å². The Balaban J connectivity index is 1.99. The summed E-state index contributed by atoms with van der Waals surface area (Å²) in [4.78, 5) is 0. The maximum atomic E-state index is 12.2. The summed E-state index contributed by atoms with van der Waals surface area (Å²) in [7, 11) is -2.83. The Labute approximate surface area is 112 Å². The molecule has 1 N–H and O–H groups in total. The van der Waals surface area contributed by atoms with Crippen molar-refractivity contribution in [3.63, 3.8) is 0 Å². The van der Waals surface area contributed by atoms with Crippen LogP contribution in [-0.2, 0) is 9.84 Å². The molecule has 0 radical (unpaired) electrons. The predicted octanol–water partition coefficient (Wildman–Crippen LogP) is 2.66. The highest BCUT2D eigenvalue weighted by atomic mass is 32.2. The van der Waals surface area contributed by atoms with Gasteiger partial charge in [0.2, 0.25) is 0 Å². The van der Waals surface area contributed by atoms with E-state index in [-0.39, 0.29) is 11.3 Å². The van der Waals surface area contributed by atoms with Crippen LogP contribution in [0.5, 0.6) is 0 Å². The summed E-state index contributed by atoms with van der Waals surface area (Å²) in [6, 6.07) is 0.225. The van der Waals surface area contributed by atoms with Gasteiger partial charge in [0.1, 0.15) is 0 Å². The average molecular weight is 273 g/mol. The van der Waals surface area contributed by atoms with Crippen molar-refractivity contribution in [1.29, 1.82) is 0 Å². The maximum Gasteiger partial charge on any atom is 0.155 e. The van der Waals surface area contributed by atoms with Gasteiger partial charge in [-0.25, -0.2) is 8.42 Å². The summed E-state index contributed by atoms with van der Waals surface area (Å²) >= 11 is 0. The highest BCUT2D eigenvalue weighted by Gasteiger charge is 2.35. The predicted molar refractivity (Wildman–Crippen MR) is 75.5 cm³/mol. The van der Waals surface area contributed by atoms with Crippen molar-refractivity contribution < 1.29 is 8.42 Å². The van der Waals surface area contributed by atoms with E-state index in [2.05, 4.69) is 5.32 Å². The molecule has 18 heavy (non-hydrogen) atoms. The van der Waals surface area contributed by atoms with Gasteiger partial charge in [-0.15, -0.1) is 0 Å². The Bertz CT molecular complexity index is 340. The molecule has 0 spiro atoms. The zero-order valence-corrected chi connectivity index (χ0v) is 12.2. The van der Waals surface area contributed by atoms with Gasteiger partial charge in [0.05, 0.1) is 11.0 Å². The van der Waals surface area contributed by atoms with E-state index in [4.69, 9.17) is 0 Å². The average Bonchev–Trinajstić information content (AvgIpc) is 2.30. The van der Waals surface area contributed by atoms with Gasteiger partial charge in [0.15, 0.2) is 9.84 Å². The van der Waals surface area contributed by atoms with Crippen molar-refractivity contribution in [2.45, 2.75) is 75.5 Å². The van der Waals surface area contributed by atoms with Crippen molar-refractivity contribution in [3.05, 3.63) is 0 Å². The molecule has 106 valence electrons. The van der Waals surface area contributed by atoms with E-state index in [0.29, 0.717) is 12.3 Å². The van der Waals surface area contributed by atoms with Crippen LogP contribution in [0.4, 0.5) is 0 Å². The molecule has 3 nitrogen and oxygen atoms in total. The monoisotopic (exact) mass is 273 g/mol. The molecule has 0 bridgehead atoms. The molecule has 2 unspecified atom stereocenters. The maximum absolute atomic E-state index is 12.2. The minimum atomic E-state index is -2.83. The van der Waals surface area contributed by atoms with Crippen LogP contribution in [0.25, 0.3) is 0 Å². The van der Waals surface area contributed by atoms with Crippen molar-refractivity contribution in [3.8, 4) is 0 Å². The van der Waals surface area contributed by atoms with E-state index in [1.165, 1.54) is 44.9 Å². The van der Waals surface area contributed by atoms with Gasteiger partial charge in [0.25, 0.3) is 0 Å². The normalized spacial score (nSPS) is 34.9. The third kappa shape index (κ3) is 3.95. The van der Waals surface area contributed by atoms with Gasteiger partial charge in [-0.05, 0) is 12.8 Å². The number of fused-ring (bicyclic) bond motifs is 1. The minimum absolute atomic E-state index is 0.106. The standard InChI is InChI=1S/C14H27NO2S/c16-18(17)12-11-15-13-9-7-5-3-1-2-4-6-8-10-14(13)18/h13-15H,1-12H2. The van der Waals surface area contributed by atoms with Gasteiger partial charge < -0.3 is 5.32 Å². The SMILES string of the molecule is O=S1(=O)CCNC2CCCCCCCCCCC21. The second-order valence-electron chi connectivity index (χ2n) is 5.87. The van der Waals surface area contributed by atoms with E-state index >= 15 is 0 Å². The first kappa shape index (κ1) is 14.3. The van der Waals surface area contributed by atoms with Crippen LogP contribution in [0.1, 0.15) is 64.2 Å². The molecule has 4 heteroatoms. The van der Waals surface area contributed by atoms with Crippen molar-refractivity contribution in [2.24, 2.45) is 0 Å². The van der Waals surface area contributed by atoms with Gasteiger partial charge >= 0.3 is 0 Å². The molecule has 1 aliphatic carbocycles.